The normalized spacial score (nSPS) is 11.4. The SMILES string of the molecule is CCC(=O)N(Cc1cccs1)Cc1cc2c(C)cc(C)cc2n2nnnc12. The van der Waals surface area contributed by atoms with Gasteiger partial charge in [0.15, 0.2) is 5.65 Å². The number of carbonyl (C=O) groups excluding carboxylic acids is 1. The number of aromatic nitrogens is 4. The number of amides is 1. The number of thiophene rings is 1. The molecule has 0 bridgehead atoms. The number of rotatable bonds is 5. The van der Waals surface area contributed by atoms with E-state index in [4.69, 9.17) is 0 Å². The van der Waals surface area contributed by atoms with Gasteiger partial charge in [-0.1, -0.05) is 19.1 Å². The maximum atomic E-state index is 12.6. The van der Waals surface area contributed by atoms with E-state index in [1.165, 1.54) is 16.0 Å². The minimum Gasteiger partial charge on any atom is -0.333 e. The van der Waals surface area contributed by atoms with Crippen molar-refractivity contribution in [2.75, 3.05) is 0 Å². The number of tetrazole rings is 1. The van der Waals surface area contributed by atoms with Gasteiger partial charge >= 0.3 is 0 Å². The molecular formula is C20H21N5OS. The third-order valence-corrected chi connectivity index (χ3v) is 5.62. The molecule has 27 heavy (non-hydrogen) atoms. The molecule has 0 aliphatic rings. The molecule has 138 valence electrons. The highest BCUT2D eigenvalue weighted by Gasteiger charge is 2.18. The molecule has 1 amide bonds. The first-order valence-corrected chi connectivity index (χ1v) is 9.86. The largest absolute Gasteiger partial charge is 0.333 e. The highest BCUT2D eigenvalue weighted by atomic mass is 32.1. The monoisotopic (exact) mass is 379 g/mol. The van der Waals surface area contributed by atoms with Gasteiger partial charge in [0.2, 0.25) is 5.91 Å². The number of carbonyl (C=O) groups is 1. The highest BCUT2D eigenvalue weighted by Crippen LogP contribution is 2.25. The van der Waals surface area contributed by atoms with Gasteiger partial charge in [0.05, 0.1) is 12.1 Å². The van der Waals surface area contributed by atoms with Gasteiger partial charge in [-0.05, 0) is 59.0 Å². The number of hydrogen-bond acceptors (Lipinski definition) is 5. The van der Waals surface area contributed by atoms with Gasteiger partial charge < -0.3 is 4.90 Å². The molecule has 0 saturated carbocycles. The second kappa shape index (κ2) is 7.08. The molecule has 0 N–H and O–H groups in total. The van der Waals surface area contributed by atoms with E-state index < -0.39 is 0 Å². The minimum absolute atomic E-state index is 0.120. The Labute approximate surface area is 161 Å². The molecular weight excluding hydrogens is 358 g/mol. The predicted octanol–water partition coefficient (Wildman–Crippen LogP) is 3.89. The number of nitrogens with zero attached hydrogens (tertiary/aromatic N) is 5. The Morgan fingerprint density at radius 1 is 1.22 bits per heavy atom. The van der Waals surface area contributed by atoms with Crippen molar-refractivity contribution in [2.45, 2.75) is 40.3 Å². The van der Waals surface area contributed by atoms with E-state index in [0.29, 0.717) is 25.2 Å². The van der Waals surface area contributed by atoms with Gasteiger partial charge in [-0.25, -0.2) is 0 Å². The Bertz CT molecular complexity index is 1120. The topological polar surface area (TPSA) is 63.4 Å². The van der Waals surface area contributed by atoms with Crippen LogP contribution in [0.4, 0.5) is 0 Å². The van der Waals surface area contributed by atoms with E-state index >= 15 is 0 Å². The van der Waals surface area contributed by atoms with Crippen molar-refractivity contribution < 1.29 is 4.79 Å². The zero-order valence-corrected chi connectivity index (χ0v) is 16.5. The smallest absolute Gasteiger partial charge is 0.222 e. The van der Waals surface area contributed by atoms with E-state index in [1.807, 2.05) is 23.3 Å². The maximum absolute atomic E-state index is 12.6. The number of fused-ring (bicyclic) bond motifs is 3. The summed E-state index contributed by atoms with van der Waals surface area (Å²) in [5, 5.41) is 15.4. The first-order chi connectivity index (χ1) is 13.1. The average Bonchev–Trinajstić information content (AvgIpc) is 3.33. The van der Waals surface area contributed by atoms with E-state index in [2.05, 4.69) is 53.6 Å². The van der Waals surface area contributed by atoms with Crippen LogP contribution >= 0.6 is 11.3 Å². The van der Waals surface area contributed by atoms with Gasteiger partial charge in [0.1, 0.15) is 0 Å². The fourth-order valence-corrected chi connectivity index (χ4v) is 4.20. The van der Waals surface area contributed by atoms with Crippen LogP contribution in [0.2, 0.25) is 0 Å². The fraction of sp³-hybridized carbons (Fsp3) is 0.300. The molecule has 0 atom stereocenters. The fourth-order valence-electron chi connectivity index (χ4n) is 3.48. The summed E-state index contributed by atoms with van der Waals surface area (Å²) in [7, 11) is 0. The first-order valence-electron chi connectivity index (χ1n) is 8.98. The third kappa shape index (κ3) is 3.30. The van der Waals surface area contributed by atoms with E-state index in [0.717, 1.165) is 16.5 Å². The Morgan fingerprint density at radius 3 is 2.81 bits per heavy atom. The molecule has 3 aromatic heterocycles. The lowest BCUT2D eigenvalue weighted by Gasteiger charge is -2.22. The van der Waals surface area contributed by atoms with Gasteiger partial charge in [-0.15, -0.1) is 16.4 Å². The lowest BCUT2D eigenvalue weighted by atomic mass is 10.0. The first kappa shape index (κ1) is 17.6. The average molecular weight is 379 g/mol. The molecule has 0 saturated heterocycles. The Hall–Kier alpha value is -2.80. The van der Waals surface area contributed by atoms with Gasteiger partial charge in [0.25, 0.3) is 0 Å². The predicted molar refractivity (Wildman–Crippen MR) is 107 cm³/mol. The molecule has 0 unspecified atom stereocenters. The van der Waals surface area contributed by atoms with Crippen LogP contribution in [0.5, 0.6) is 0 Å². The van der Waals surface area contributed by atoms with Crippen molar-refractivity contribution in [3.63, 3.8) is 0 Å². The van der Waals surface area contributed by atoms with Crippen LogP contribution in [0.15, 0.2) is 35.7 Å². The van der Waals surface area contributed by atoms with Crippen LogP contribution in [0.3, 0.4) is 0 Å². The summed E-state index contributed by atoms with van der Waals surface area (Å²) >= 11 is 1.66. The lowest BCUT2D eigenvalue weighted by molar-refractivity contribution is -0.132. The second-order valence-corrected chi connectivity index (χ2v) is 7.81. The van der Waals surface area contributed by atoms with Crippen molar-refractivity contribution >= 4 is 33.8 Å². The molecule has 6 nitrogen and oxygen atoms in total. The van der Waals surface area contributed by atoms with Crippen LogP contribution in [-0.2, 0) is 17.9 Å². The Kier molecular flexibility index (Phi) is 4.61. The van der Waals surface area contributed by atoms with Crippen molar-refractivity contribution in [2.24, 2.45) is 0 Å². The van der Waals surface area contributed by atoms with Crippen LogP contribution in [0, 0.1) is 13.8 Å². The zero-order valence-electron chi connectivity index (χ0n) is 15.6. The van der Waals surface area contributed by atoms with Gasteiger partial charge in [-0.3, -0.25) is 4.79 Å². The molecule has 7 heteroatoms. The van der Waals surface area contributed by atoms with E-state index in [-0.39, 0.29) is 5.91 Å². The zero-order chi connectivity index (χ0) is 19.0. The lowest BCUT2D eigenvalue weighted by Crippen LogP contribution is -2.29. The number of pyridine rings is 1. The molecule has 0 aliphatic heterocycles. The van der Waals surface area contributed by atoms with Gasteiger partial charge in [-0.2, -0.15) is 4.52 Å². The Morgan fingerprint density at radius 2 is 2.07 bits per heavy atom. The standard InChI is InChI=1S/C20H21N5OS/c1-4-19(26)24(12-16-6-5-7-27-16)11-15-10-17-14(3)8-13(2)9-18(17)25-20(15)21-22-23-25/h5-10H,4,11-12H2,1-3H3. The van der Waals surface area contributed by atoms with E-state index in [9.17, 15) is 4.79 Å². The van der Waals surface area contributed by atoms with Crippen molar-refractivity contribution in [1.82, 2.24) is 24.9 Å². The summed E-state index contributed by atoms with van der Waals surface area (Å²) in [6.07, 6.45) is 0.471. The van der Waals surface area contributed by atoms with Crippen LogP contribution in [0.25, 0.3) is 16.6 Å². The Balaban J connectivity index is 1.81. The molecule has 0 fully saturated rings. The van der Waals surface area contributed by atoms with Crippen molar-refractivity contribution in [3.05, 3.63) is 57.3 Å². The summed E-state index contributed by atoms with van der Waals surface area (Å²) in [4.78, 5) is 15.6. The van der Waals surface area contributed by atoms with Crippen molar-refractivity contribution in [3.8, 4) is 0 Å². The summed E-state index contributed by atoms with van der Waals surface area (Å²) in [6.45, 7) is 7.14. The van der Waals surface area contributed by atoms with Gasteiger partial charge in [0, 0.05) is 28.8 Å². The van der Waals surface area contributed by atoms with Crippen LogP contribution in [0.1, 0.15) is 34.9 Å². The van der Waals surface area contributed by atoms with Crippen LogP contribution < -0.4 is 0 Å². The molecule has 3 heterocycles. The number of hydrogen-bond donors (Lipinski definition) is 0. The van der Waals surface area contributed by atoms with Crippen molar-refractivity contribution in [1.29, 1.82) is 0 Å². The quantitative estimate of drug-likeness (QED) is 0.528. The third-order valence-electron chi connectivity index (χ3n) is 4.76. The molecule has 0 aliphatic carbocycles. The highest BCUT2D eigenvalue weighted by molar-refractivity contribution is 7.09. The molecule has 0 spiro atoms. The summed E-state index contributed by atoms with van der Waals surface area (Å²) in [6, 6.07) is 10.4. The summed E-state index contributed by atoms with van der Waals surface area (Å²) in [5.74, 6) is 0.120. The summed E-state index contributed by atoms with van der Waals surface area (Å²) in [5.41, 5.74) is 4.99. The summed E-state index contributed by atoms with van der Waals surface area (Å²) < 4.78 is 1.78. The molecule has 1 aromatic carbocycles. The molecule has 4 rings (SSSR count). The number of benzene rings is 1. The number of aryl methyl sites for hydroxylation is 2. The molecule has 4 aromatic rings. The molecule has 0 radical (unpaired) electrons. The van der Waals surface area contributed by atoms with Crippen LogP contribution in [-0.4, -0.2) is 30.8 Å². The van der Waals surface area contributed by atoms with E-state index in [1.54, 1.807) is 15.9 Å². The minimum atomic E-state index is 0.120. The second-order valence-electron chi connectivity index (χ2n) is 6.78. The maximum Gasteiger partial charge on any atom is 0.222 e.